The number of nitrogens with zero attached hydrogens (tertiary/aromatic N) is 1. The second kappa shape index (κ2) is 5.29. The van der Waals surface area contributed by atoms with Crippen LogP contribution >= 0.6 is 0 Å². The first-order valence-corrected chi connectivity index (χ1v) is 8.36. The van der Waals surface area contributed by atoms with Gasteiger partial charge in [-0.1, -0.05) is 26.8 Å². The van der Waals surface area contributed by atoms with E-state index >= 15 is 0 Å². The van der Waals surface area contributed by atoms with Gasteiger partial charge in [-0.2, -0.15) is 0 Å². The molecule has 0 spiro atoms. The van der Waals surface area contributed by atoms with Gasteiger partial charge in [-0.15, -0.1) is 0 Å². The number of carbonyl (C=O) groups excluding carboxylic acids is 1. The molecule has 1 heterocycles. The summed E-state index contributed by atoms with van der Waals surface area (Å²) in [5.74, 6) is 0.940. The van der Waals surface area contributed by atoms with Crippen molar-refractivity contribution >= 4 is 5.91 Å². The Bertz CT molecular complexity index is 581. The van der Waals surface area contributed by atoms with Crippen LogP contribution in [0.1, 0.15) is 57.3 Å². The summed E-state index contributed by atoms with van der Waals surface area (Å²) in [4.78, 5) is 15.1. The van der Waals surface area contributed by atoms with Crippen LogP contribution in [0.5, 0.6) is 5.75 Å². The van der Waals surface area contributed by atoms with E-state index in [1.165, 1.54) is 6.42 Å². The molecule has 2 unspecified atom stereocenters. The maximum atomic E-state index is 13.0. The van der Waals surface area contributed by atoms with E-state index in [9.17, 15) is 4.79 Å². The molecule has 2 atom stereocenters. The lowest BCUT2D eigenvalue weighted by Gasteiger charge is -2.39. The Balaban J connectivity index is 1.83. The zero-order valence-electron chi connectivity index (χ0n) is 14.2. The molecule has 2 fully saturated rings. The molecule has 120 valence electrons. The predicted molar refractivity (Wildman–Crippen MR) is 88.2 cm³/mol. The average molecular weight is 301 g/mol. The van der Waals surface area contributed by atoms with E-state index in [-0.39, 0.29) is 11.3 Å². The summed E-state index contributed by atoms with van der Waals surface area (Å²) in [6, 6.07) is 7.98. The fraction of sp³-hybridized carbons (Fsp3) is 0.632. The molecule has 1 amide bonds. The summed E-state index contributed by atoms with van der Waals surface area (Å²) in [6.07, 6.45) is 3.46. The van der Waals surface area contributed by atoms with Gasteiger partial charge >= 0.3 is 0 Å². The smallest absolute Gasteiger partial charge is 0.254 e. The van der Waals surface area contributed by atoms with Crippen LogP contribution in [0.3, 0.4) is 0 Å². The third-order valence-electron chi connectivity index (χ3n) is 5.07. The van der Waals surface area contributed by atoms with Crippen molar-refractivity contribution in [3.05, 3.63) is 29.8 Å². The number of fused-ring (bicyclic) bond motifs is 2. The van der Waals surface area contributed by atoms with E-state index in [2.05, 4.69) is 25.7 Å². The summed E-state index contributed by atoms with van der Waals surface area (Å²) in [6.45, 7) is 10.5. The largest absolute Gasteiger partial charge is 0.494 e. The van der Waals surface area contributed by atoms with Crippen LogP contribution in [0, 0.1) is 10.8 Å². The van der Waals surface area contributed by atoms with Gasteiger partial charge in [0.25, 0.3) is 5.91 Å². The quantitative estimate of drug-likeness (QED) is 0.840. The molecular weight excluding hydrogens is 274 g/mol. The molecule has 22 heavy (non-hydrogen) atoms. The van der Waals surface area contributed by atoms with E-state index < -0.39 is 0 Å². The Morgan fingerprint density at radius 3 is 2.82 bits per heavy atom. The standard InChI is InChI=1S/C19H27NO2/c1-5-22-16-8-6-7-14(9-16)17(21)20-13-19(4)11-15(20)10-18(2,3)12-19/h6-9,15H,5,10-13H2,1-4H3. The monoisotopic (exact) mass is 301 g/mol. The van der Waals surface area contributed by atoms with Crippen molar-refractivity contribution in [2.45, 2.75) is 53.0 Å². The molecule has 1 aromatic rings. The highest BCUT2D eigenvalue weighted by atomic mass is 16.5. The van der Waals surface area contributed by atoms with E-state index in [4.69, 9.17) is 4.74 Å². The third-order valence-corrected chi connectivity index (χ3v) is 5.07. The van der Waals surface area contributed by atoms with Crippen molar-refractivity contribution in [3.63, 3.8) is 0 Å². The molecule has 3 rings (SSSR count). The Kier molecular flexibility index (Phi) is 3.70. The lowest BCUT2D eigenvalue weighted by molar-refractivity contribution is 0.0707. The third kappa shape index (κ3) is 2.86. The topological polar surface area (TPSA) is 29.5 Å². The minimum Gasteiger partial charge on any atom is -0.494 e. The molecule has 0 aromatic heterocycles. The van der Waals surface area contributed by atoms with Crippen molar-refractivity contribution in [3.8, 4) is 5.75 Å². The highest BCUT2D eigenvalue weighted by Crippen LogP contribution is 2.52. The molecule has 3 heteroatoms. The second-order valence-electron chi connectivity index (χ2n) is 8.11. The first-order chi connectivity index (χ1) is 10.3. The summed E-state index contributed by atoms with van der Waals surface area (Å²) >= 11 is 0. The minimum absolute atomic E-state index is 0.160. The Labute approximate surface area is 133 Å². The van der Waals surface area contributed by atoms with Gasteiger partial charge in [-0.25, -0.2) is 0 Å². The number of amides is 1. The van der Waals surface area contributed by atoms with Gasteiger partial charge in [0.1, 0.15) is 5.75 Å². The van der Waals surface area contributed by atoms with Crippen LogP contribution in [0.15, 0.2) is 24.3 Å². The van der Waals surface area contributed by atoms with Gasteiger partial charge in [-0.3, -0.25) is 4.79 Å². The van der Waals surface area contributed by atoms with Crippen molar-refractivity contribution in [2.24, 2.45) is 10.8 Å². The number of carbonyl (C=O) groups is 1. The van der Waals surface area contributed by atoms with Crippen LogP contribution < -0.4 is 4.74 Å². The maximum Gasteiger partial charge on any atom is 0.254 e. The van der Waals surface area contributed by atoms with Crippen molar-refractivity contribution in [1.82, 2.24) is 4.90 Å². The fourth-order valence-corrected chi connectivity index (χ4v) is 4.75. The van der Waals surface area contributed by atoms with Crippen LogP contribution in [0.2, 0.25) is 0 Å². The van der Waals surface area contributed by atoms with E-state index in [1.54, 1.807) is 0 Å². The zero-order valence-corrected chi connectivity index (χ0v) is 14.2. The molecule has 3 nitrogen and oxygen atoms in total. The van der Waals surface area contributed by atoms with Gasteiger partial charge < -0.3 is 9.64 Å². The number of ether oxygens (including phenoxy) is 1. The molecular formula is C19H27NO2. The Morgan fingerprint density at radius 1 is 1.32 bits per heavy atom. The van der Waals surface area contributed by atoms with Crippen LogP contribution in [0.4, 0.5) is 0 Å². The molecule has 1 saturated carbocycles. The SMILES string of the molecule is CCOc1cccc(C(=O)N2CC3(C)CC2CC(C)(C)C3)c1. The van der Waals surface area contributed by atoms with Gasteiger partial charge in [0.2, 0.25) is 0 Å². The number of hydrogen-bond donors (Lipinski definition) is 0. The van der Waals surface area contributed by atoms with Gasteiger partial charge in [0.15, 0.2) is 0 Å². The maximum absolute atomic E-state index is 13.0. The zero-order chi connectivity index (χ0) is 16.0. The Hall–Kier alpha value is -1.51. The second-order valence-corrected chi connectivity index (χ2v) is 8.11. The molecule has 1 saturated heterocycles. The predicted octanol–water partition coefficient (Wildman–Crippen LogP) is 4.13. The van der Waals surface area contributed by atoms with Crippen molar-refractivity contribution < 1.29 is 9.53 Å². The highest BCUT2D eigenvalue weighted by Gasteiger charge is 2.50. The molecule has 2 bridgehead atoms. The summed E-state index contributed by atoms with van der Waals surface area (Å²) in [7, 11) is 0. The number of rotatable bonds is 3. The molecule has 1 aliphatic heterocycles. The number of hydrogen-bond acceptors (Lipinski definition) is 2. The lowest BCUT2D eigenvalue weighted by atomic mass is 9.65. The van der Waals surface area contributed by atoms with Crippen molar-refractivity contribution in [2.75, 3.05) is 13.2 Å². The van der Waals surface area contributed by atoms with Crippen LogP contribution in [-0.4, -0.2) is 30.0 Å². The van der Waals surface area contributed by atoms with Gasteiger partial charge in [-0.05, 0) is 55.2 Å². The first-order valence-electron chi connectivity index (χ1n) is 8.36. The fourth-order valence-electron chi connectivity index (χ4n) is 4.75. The number of likely N-dealkylation sites (tertiary alicyclic amines) is 1. The van der Waals surface area contributed by atoms with E-state index in [0.29, 0.717) is 18.1 Å². The molecule has 2 aliphatic rings. The van der Waals surface area contributed by atoms with E-state index in [1.807, 2.05) is 31.2 Å². The summed E-state index contributed by atoms with van der Waals surface area (Å²) in [5, 5.41) is 0. The lowest BCUT2D eigenvalue weighted by Crippen LogP contribution is -2.37. The van der Waals surface area contributed by atoms with Crippen LogP contribution in [-0.2, 0) is 0 Å². The minimum atomic E-state index is 0.160. The molecule has 0 radical (unpaired) electrons. The highest BCUT2D eigenvalue weighted by molar-refractivity contribution is 5.95. The van der Waals surface area contributed by atoms with Gasteiger partial charge in [0, 0.05) is 18.2 Å². The molecule has 1 aromatic carbocycles. The van der Waals surface area contributed by atoms with Crippen molar-refractivity contribution in [1.29, 1.82) is 0 Å². The molecule has 0 N–H and O–H groups in total. The average Bonchev–Trinajstić information content (AvgIpc) is 2.68. The summed E-state index contributed by atoms with van der Waals surface area (Å²) < 4.78 is 5.53. The van der Waals surface area contributed by atoms with Gasteiger partial charge in [0.05, 0.1) is 6.61 Å². The Morgan fingerprint density at radius 2 is 2.09 bits per heavy atom. The van der Waals surface area contributed by atoms with Crippen LogP contribution in [0.25, 0.3) is 0 Å². The normalized spacial score (nSPS) is 29.5. The molecule has 1 aliphatic carbocycles. The number of benzene rings is 1. The summed E-state index contributed by atoms with van der Waals surface area (Å²) in [5.41, 5.74) is 1.36. The first kappa shape index (κ1) is 15.4. The van der Waals surface area contributed by atoms with E-state index in [0.717, 1.165) is 30.7 Å².